The maximum atomic E-state index is 13.5. The quantitative estimate of drug-likeness (QED) is 0.871. The summed E-state index contributed by atoms with van der Waals surface area (Å²) in [5.74, 6) is -0.605. The molecule has 2 rings (SSSR count). The maximum absolute atomic E-state index is 13.5. The van der Waals surface area contributed by atoms with E-state index in [1.807, 2.05) is 31.2 Å². The molecular formula is C15H15BrFNO2S. The van der Waals surface area contributed by atoms with Crippen LogP contribution in [0.3, 0.4) is 0 Å². The van der Waals surface area contributed by atoms with Gasteiger partial charge >= 0.3 is 0 Å². The minimum Gasteiger partial charge on any atom is -0.207 e. The van der Waals surface area contributed by atoms with E-state index < -0.39 is 15.8 Å². The van der Waals surface area contributed by atoms with Crippen LogP contribution in [0, 0.1) is 5.82 Å². The summed E-state index contributed by atoms with van der Waals surface area (Å²) in [6.45, 7) is 2.20. The van der Waals surface area contributed by atoms with E-state index in [1.165, 1.54) is 12.1 Å². The van der Waals surface area contributed by atoms with Crippen molar-refractivity contribution in [3.63, 3.8) is 0 Å². The minimum absolute atomic E-state index is 0.0859. The van der Waals surface area contributed by atoms with Gasteiger partial charge in [-0.25, -0.2) is 17.5 Å². The van der Waals surface area contributed by atoms with E-state index in [1.54, 1.807) is 0 Å². The molecule has 3 nitrogen and oxygen atoms in total. The molecule has 0 heterocycles. The molecule has 0 radical (unpaired) electrons. The predicted octanol–water partition coefficient (Wildman–Crippen LogP) is 3.63. The lowest BCUT2D eigenvalue weighted by Crippen LogP contribution is -2.24. The monoisotopic (exact) mass is 371 g/mol. The standard InChI is InChI=1S/C15H15BrFNO2S/c1-2-11-5-3-4-6-12(11)10-18-21(19,20)13-7-8-14(16)15(17)9-13/h3-9,18H,2,10H2,1H3. The smallest absolute Gasteiger partial charge is 0.207 e. The van der Waals surface area contributed by atoms with Crippen molar-refractivity contribution in [1.82, 2.24) is 4.72 Å². The Hall–Kier alpha value is -1.24. The van der Waals surface area contributed by atoms with Gasteiger partial charge in [0.15, 0.2) is 0 Å². The van der Waals surface area contributed by atoms with E-state index in [9.17, 15) is 12.8 Å². The van der Waals surface area contributed by atoms with Crippen LogP contribution in [0.2, 0.25) is 0 Å². The average molecular weight is 372 g/mol. The lowest BCUT2D eigenvalue weighted by atomic mass is 10.1. The van der Waals surface area contributed by atoms with Gasteiger partial charge in [-0.3, -0.25) is 0 Å². The summed E-state index contributed by atoms with van der Waals surface area (Å²) < 4.78 is 40.5. The maximum Gasteiger partial charge on any atom is 0.240 e. The number of hydrogen-bond acceptors (Lipinski definition) is 2. The minimum atomic E-state index is -3.73. The first kappa shape index (κ1) is 16.1. The summed E-state index contributed by atoms with van der Waals surface area (Å²) in [5.41, 5.74) is 2.00. The second kappa shape index (κ2) is 6.68. The van der Waals surface area contributed by atoms with Crippen LogP contribution in [0.1, 0.15) is 18.1 Å². The summed E-state index contributed by atoms with van der Waals surface area (Å²) >= 11 is 3.00. The van der Waals surface area contributed by atoms with Crippen molar-refractivity contribution in [3.05, 3.63) is 63.9 Å². The lowest BCUT2D eigenvalue weighted by Gasteiger charge is -2.10. The third-order valence-electron chi connectivity index (χ3n) is 3.15. The summed E-state index contributed by atoms with van der Waals surface area (Å²) in [6, 6.07) is 11.4. The van der Waals surface area contributed by atoms with Gasteiger partial charge in [0, 0.05) is 6.54 Å². The molecule has 0 fully saturated rings. The molecular weight excluding hydrogens is 357 g/mol. The molecule has 0 bridgehead atoms. The largest absolute Gasteiger partial charge is 0.240 e. The van der Waals surface area contributed by atoms with Gasteiger partial charge in [0.25, 0.3) is 0 Å². The first-order chi connectivity index (χ1) is 9.94. The molecule has 0 amide bonds. The molecule has 112 valence electrons. The number of halogens is 2. The summed E-state index contributed by atoms with van der Waals surface area (Å²) in [7, 11) is -3.73. The highest BCUT2D eigenvalue weighted by Gasteiger charge is 2.16. The van der Waals surface area contributed by atoms with Crippen LogP contribution in [-0.2, 0) is 23.0 Å². The highest BCUT2D eigenvalue weighted by molar-refractivity contribution is 9.10. The van der Waals surface area contributed by atoms with Gasteiger partial charge in [0.1, 0.15) is 5.82 Å². The molecule has 2 aromatic rings. The highest BCUT2D eigenvalue weighted by atomic mass is 79.9. The fraction of sp³-hybridized carbons (Fsp3) is 0.200. The van der Waals surface area contributed by atoms with Crippen molar-refractivity contribution in [2.45, 2.75) is 24.8 Å². The van der Waals surface area contributed by atoms with Crippen molar-refractivity contribution in [3.8, 4) is 0 Å². The van der Waals surface area contributed by atoms with Crippen LogP contribution in [0.15, 0.2) is 51.8 Å². The summed E-state index contributed by atoms with van der Waals surface area (Å²) in [4.78, 5) is -0.0859. The Balaban J connectivity index is 2.20. The fourth-order valence-electron chi connectivity index (χ4n) is 1.97. The highest BCUT2D eigenvalue weighted by Crippen LogP contribution is 2.19. The molecule has 0 aliphatic heterocycles. The Morgan fingerprint density at radius 1 is 1.14 bits per heavy atom. The number of nitrogens with one attached hydrogen (secondary N) is 1. The second-order valence-electron chi connectivity index (χ2n) is 4.52. The van der Waals surface area contributed by atoms with Crippen molar-refractivity contribution in [2.24, 2.45) is 0 Å². The van der Waals surface area contributed by atoms with E-state index in [0.29, 0.717) is 0 Å². The van der Waals surface area contributed by atoms with Crippen molar-refractivity contribution >= 4 is 26.0 Å². The van der Waals surface area contributed by atoms with E-state index in [2.05, 4.69) is 20.7 Å². The molecule has 0 spiro atoms. The van der Waals surface area contributed by atoms with E-state index in [-0.39, 0.29) is 15.9 Å². The molecule has 0 unspecified atom stereocenters. The topological polar surface area (TPSA) is 46.2 Å². The lowest BCUT2D eigenvalue weighted by molar-refractivity contribution is 0.576. The van der Waals surface area contributed by atoms with Crippen LogP contribution < -0.4 is 4.72 Å². The zero-order valence-corrected chi connectivity index (χ0v) is 13.8. The van der Waals surface area contributed by atoms with Crippen molar-refractivity contribution in [2.75, 3.05) is 0 Å². The van der Waals surface area contributed by atoms with Gasteiger partial charge in [0.05, 0.1) is 9.37 Å². The van der Waals surface area contributed by atoms with Gasteiger partial charge in [-0.2, -0.15) is 0 Å². The fourth-order valence-corrected chi connectivity index (χ4v) is 3.24. The Bertz CT molecular complexity index is 747. The van der Waals surface area contributed by atoms with E-state index in [4.69, 9.17) is 0 Å². The normalized spacial score (nSPS) is 11.6. The van der Waals surface area contributed by atoms with Gasteiger partial charge < -0.3 is 0 Å². The Morgan fingerprint density at radius 3 is 2.43 bits per heavy atom. The Kier molecular flexibility index (Phi) is 5.13. The van der Waals surface area contributed by atoms with Crippen LogP contribution in [-0.4, -0.2) is 8.42 Å². The van der Waals surface area contributed by atoms with Crippen molar-refractivity contribution in [1.29, 1.82) is 0 Å². The average Bonchev–Trinajstić information content (AvgIpc) is 2.48. The molecule has 0 aliphatic rings. The number of sulfonamides is 1. The van der Waals surface area contributed by atoms with Gasteiger partial charge in [0.2, 0.25) is 10.0 Å². The van der Waals surface area contributed by atoms with Gasteiger partial charge in [-0.1, -0.05) is 31.2 Å². The zero-order valence-electron chi connectivity index (χ0n) is 11.4. The second-order valence-corrected chi connectivity index (χ2v) is 7.14. The Morgan fingerprint density at radius 2 is 1.81 bits per heavy atom. The van der Waals surface area contributed by atoms with Crippen LogP contribution in [0.5, 0.6) is 0 Å². The molecule has 0 saturated heterocycles. The molecule has 1 N–H and O–H groups in total. The van der Waals surface area contributed by atoms with Gasteiger partial charge in [-0.05, 0) is 51.7 Å². The molecule has 0 atom stereocenters. The third kappa shape index (κ3) is 3.90. The van der Waals surface area contributed by atoms with Crippen LogP contribution in [0.4, 0.5) is 4.39 Å². The number of rotatable bonds is 5. The molecule has 0 aromatic heterocycles. The van der Waals surface area contributed by atoms with Gasteiger partial charge in [-0.15, -0.1) is 0 Å². The third-order valence-corrected chi connectivity index (χ3v) is 5.20. The molecule has 0 aliphatic carbocycles. The molecule has 0 saturated carbocycles. The number of aryl methyl sites for hydroxylation is 1. The first-order valence-corrected chi connectivity index (χ1v) is 8.73. The van der Waals surface area contributed by atoms with Crippen molar-refractivity contribution < 1.29 is 12.8 Å². The SMILES string of the molecule is CCc1ccccc1CNS(=O)(=O)c1ccc(Br)c(F)c1. The summed E-state index contributed by atoms with van der Waals surface area (Å²) in [6.07, 6.45) is 0.824. The molecule has 21 heavy (non-hydrogen) atoms. The number of hydrogen-bond donors (Lipinski definition) is 1. The van der Waals surface area contributed by atoms with Crippen LogP contribution in [0.25, 0.3) is 0 Å². The summed E-state index contributed by atoms with van der Waals surface area (Å²) in [5, 5.41) is 0. The molecule has 6 heteroatoms. The van der Waals surface area contributed by atoms with E-state index in [0.717, 1.165) is 23.6 Å². The van der Waals surface area contributed by atoms with E-state index >= 15 is 0 Å². The molecule has 2 aromatic carbocycles. The van der Waals surface area contributed by atoms with Crippen LogP contribution >= 0.6 is 15.9 Å². The Labute approximate surface area is 132 Å². The predicted molar refractivity (Wildman–Crippen MR) is 83.9 cm³/mol. The first-order valence-electron chi connectivity index (χ1n) is 6.45. The zero-order chi connectivity index (χ0) is 15.5. The number of benzene rings is 2.